The van der Waals surface area contributed by atoms with Crippen molar-refractivity contribution in [2.45, 2.75) is 13.0 Å². The van der Waals surface area contributed by atoms with Gasteiger partial charge in [-0.05, 0) is 42.3 Å². The number of benzene rings is 2. The van der Waals surface area contributed by atoms with Crippen LogP contribution in [0.1, 0.15) is 15.9 Å². The van der Waals surface area contributed by atoms with Crippen LogP contribution < -0.4 is 14.8 Å². The Morgan fingerprint density at radius 2 is 2.00 bits per heavy atom. The average Bonchev–Trinajstić information content (AvgIpc) is 2.54. The van der Waals surface area contributed by atoms with Crippen LogP contribution >= 0.6 is 15.9 Å². The zero-order valence-electron chi connectivity index (χ0n) is 13.3. The molecule has 2 aromatic carbocycles. The number of rotatable bonds is 7. The molecule has 1 amide bonds. The Morgan fingerprint density at radius 3 is 2.64 bits per heavy atom. The minimum Gasteiger partial charge on any atom is -0.507 e. The molecule has 0 fully saturated rings. The van der Waals surface area contributed by atoms with Gasteiger partial charge in [0.25, 0.3) is 5.91 Å². The van der Waals surface area contributed by atoms with Crippen LogP contribution in [0, 0.1) is 0 Å². The Labute approximate surface area is 151 Å². The summed E-state index contributed by atoms with van der Waals surface area (Å²) in [6.45, 7) is -2.70. The van der Waals surface area contributed by atoms with Gasteiger partial charge in [-0.25, -0.2) is 0 Å². The van der Waals surface area contributed by atoms with Crippen LogP contribution in [0.4, 0.5) is 8.78 Å². The fourth-order valence-corrected chi connectivity index (χ4v) is 2.53. The number of hydrogen-bond donors (Lipinski definition) is 2. The van der Waals surface area contributed by atoms with E-state index in [9.17, 15) is 18.7 Å². The first-order chi connectivity index (χ1) is 11.9. The van der Waals surface area contributed by atoms with Gasteiger partial charge < -0.3 is 19.9 Å². The summed E-state index contributed by atoms with van der Waals surface area (Å²) in [5.41, 5.74) is 0.844. The molecule has 0 atom stereocenters. The molecule has 0 spiro atoms. The van der Waals surface area contributed by atoms with E-state index in [-0.39, 0.29) is 29.4 Å². The number of phenolic OH excluding ortho intramolecular Hbond substituents is 1. The number of halogens is 3. The molecule has 0 saturated heterocycles. The molecule has 0 aliphatic heterocycles. The number of carbonyl (C=O) groups is 1. The third kappa shape index (κ3) is 5.32. The van der Waals surface area contributed by atoms with Crippen LogP contribution in [0.2, 0.25) is 0 Å². The number of nitrogens with one attached hydrogen (secondary N) is 1. The van der Waals surface area contributed by atoms with E-state index in [1.165, 1.54) is 31.4 Å². The molecule has 2 rings (SSSR count). The van der Waals surface area contributed by atoms with Crippen molar-refractivity contribution in [2.24, 2.45) is 0 Å². The largest absolute Gasteiger partial charge is 0.507 e. The number of phenols is 1. The zero-order chi connectivity index (χ0) is 18.4. The number of amides is 1. The first-order valence-electron chi connectivity index (χ1n) is 7.29. The lowest BCUT2D eigenvalue weighted by Crippen LogP contribution is -2.25. The normalized spacial score (nSPS) is 10.6. The van der Waals surface area contributed by atoms with Crippen molar-refractivity contribution in [3.05, 3.63) is 52.0 Å². The van der Waals surface area contributed by atoms with Crippen molar-refractivity contribution < 1.29 is 28.2 Å². The molecule has 0 heterocycles. The van der Waals surface area contributed by atoms with E-state index in [1.807, 2.05) is 0 Å². The number of carbonyl (C=O) groups excluding carboxylic acids is 1. The van der Waals surface area contributed by atoms with Crippen LogP contribution in [0.15, 0.2) is 40.9 Å². The molecule has 134 valence electrons. The smallest absolute Gasteiger partial charge is 0.387 e. The van der Waals surface area contributed by atoms with Gasteiger partial charge in [-0.3, -0.25) is 4.79 Å². The summed E-state index contributed by atoms with van der Waals surface area (Å²) in [7, 11) is 1.36. The SMILES string of the molecule is COc1ccc(CCNC(=O)c2ccc(Br)cc2O)cc1OC(F)F. The maximum Gasteiger partial charge on any atom is 0.387 e. The van der Waals surface area contributed by atoms with E-state index in [4.69, 9.17) is 4.74 Å². The van der Waals surface area contributed by atoms with Crippen LogP contribution in [-0.2, 0) is 6.42 Å². The number of ether oxygens (including phenoxy) is 2. The molecule has 25 heavy (non-hydrogen) atoms. The second-order valence-corrected chi connectivity index (χ2v) is 5.95. The van der Waals surface area contributed by atoms with E-state index in [0.29, 0.717) is 16.5 Å². The maximum absolute atomic E-state index is 12.4. The van der Waals surface area contributed by atoms with E-state index in [1.54, 1.807) is 12.1 Å². The van der Waals surface area contributed by atoms with Gasteiger partial charge in [-0.1, -0.05) is 22.0 Å². The van der Waals surface area contributed by atoms with Gasteiger partial charge in [0.1, 0.15) is 5.75 Å². The average molecular weight is 416 g/mol. The van der Waals surface area contributed by atoms with Crippen LogP contribution in [0.3, 0.4) is 0 Å². The van der Waals surface area contributed by atoms with Crippen LogP contribution in [0.5, 0.6) is 17.2 Å². The first kappa shape index (κ1) is 19.0. The van der Waals surface area contributed by atoms with Crippen LogP contribution in [0.25, 0.3) is 0 Å². The minimum absolute atomic E-state index is 0.0631. The second-order valence-electron chi connectivity index (χ2n) is 5.03. The molecule has 0 saturated carbocycles. The third-order valence-corrected chi connectivity index (χ3v) is 3.84. The van der Waals surface area contributed by atoms with E-state index >= 15 is 0 Å². The number of aromatic hydroxyl groups is 1. The third-order valence-electron chi connectivity index (χ3n) is 3.35. The topological polar surface area (TPSA) is 67.8 Å². The van der Waals surface area contributed by atoms with Gasteiger partial charge in [-0.15, -0.1) is 0 Å². The standard InChI is InChI=1S/C17H16BrF2NO4/c1-24-14-5-2-10(8-15(14)25-17(19)20)6-7-21-16(23)12-4-3-11(18)9-13(12)22/h2-5,8-9,17,22H,6-7H2,1H3,(H,21,23). The van der Waals surface area contributed by atoms with Gasteiger partial charge in [0.2, 0.25) is 0 Å². The predicted molar refractivity (Wildman–Crippen MR) is 91.5 cm³/mol. The molecule has 8 heteroatoms. The molecule has 2 aromatic rings. The number of methoxy groups -OCH3 is 1. The van der Waals surface area contributed by atoms with E-state index < -0.39 is 12.5 Å². The van der Waals surface area contributed by atoms with Gasteiger partial charge >= 0.3 is 6.61 Å². The van der Waals surface area contributed by atoms with Crippen molar-refractivity contribution in [1.29, 1.82) is 0 Å². The second kappa shape index (κ2) is 8.66. The maximum atomic E-state index is 12.4. The fourth-order valence-electron chi connectivity index (χ4n) is 2.18. The highest BCUT2D eigenvalue weighted by molar-refractivity contribution is 9.10. The van der Waals surface area contributed by atoms with E-state index in [2.05, 4.69) is 26.0 Å². The van der Waals surface area contributed by atoms with Crippen molar-refractivity contribution in [2.75, 3.05) is 13.7 Å². The molecule has 0 aromatic heterocycles. The van der Waals surface area contributed by atoms with E-state index in [0.717, 1.165) is 0 Å². The number of hydrogen-bond acceptors (Lipinski definition) is 4. The fraction of sp³-hybridized carbons (Fsp3) is 0.235. The lowest BCUT2D eigenvalue weighted by molar-refractivity contribution is -0.0512. The lowest BCUT2D eigenvalue weighted by atomic mass is 10.1. The summed E-state index contributed by atoms with van der Waals surface area (Å²) in [5.74, 6) is -0.425. The minimum atomic E-state index is -2.95. The Morgan fingerprint density at radius 1 is 1.24 bits per heavy atom. The molecule has 0 aliphatic carbocycles. The van der Waals surface area contributed by atoms with Crippen LogP contribution in [-0.4, -0.2) is 31.3 Å². The highest BCUT2D eigenvalue weighted by atomic mass is 79.9. The summed E-state index contributed by atoms with van der Waals surface area (Å²) < 4.78 is 34.9. The molecule has 0 radical (unpaired) electrons. The Hall–Kier alpha value is -2.35. The van der Waals surface area contributed by atoms with Crippen molar-refractivity contribution in [3.63, 3.8) is 0 Å². The molecule has 5 nitrogen and oxygen atoms in total. The molecule has 0 aliphatic rings. The first-order valence-corrected chi connectivity index (χ1v) is 8.08. The zero-order valence-corrected chi connectivity index (χ0v) is 14.8. The number of alkyl halides is 2. The molecule has 0 unspecified atom stereocenters. The Kier molecular flexibility index (Phi) is 6.58. The monoisotopic (exact) mass is 415 g/mol. The van der Waals surface area contributed by atoms with Gasteiger partial charge in [0.05, 0.1) is 12.7 Å². The molecule has 2 N–H and O–H groups in total. The quantitative estimate of drug-likeness (QED) is 0.722. The Bertz CT molecular complexity index is 755. The summed E-state index contributed by atoms with van der Waals surface area (Å²) in [4.78, 5) is 12.0. The van der Waals surface area contributed by atoms with Gasteiger partial charge in [0.15, 0.2) is 11.5 Å². The van der Waals surface area contributed by atoms with Crippen molar-refractivity contribution in [1.82, 2.24) is 5.32 Å². The summed E-state index contributed by atoms with van der Waals surface area (Å²) in [6.07, 6.45) is 0.395. The van der Waals surface area contributed by atoms with Gasteiger partial charge in [0, 0.05) is 11.0 Å². The summed E-state index contributed by atoms with van der Waals surface area (Å²) in [6, 6.07) is 9.22. The lowest BCUT2D eigenvalue weighted by Gasteiger charge is -2.12. The predicted octanol–water partition coefficient (Wildman–Crippen LogP) is 3.74. The Balaban J connectivity index is 1.98. The van der Waals surface area contributed by atoms with Crippen molar-refractivity contribution in [3.8, 4) is 17.2 Å². The molecular weight excluding hydrogens is 400 g/mol. The molecule has 0 bridgehead atoms. The van der Waals surface area contributed by atoms with Gasteiger partial charge in [-0.2, -0.15) is 8.78 Å². The summed E-state index contributed by atoms with van der Waals surface area (Å²) in [5, 5.41) is 12.4. The highest BCUT2D eigenvalue weighted by Crippen LogP contribution is 2.29. The molecular formula is C17H16BrF2NO4. The summed E-state index contributed by atoms with van der Waals surface area (Å²) >= 11 is 3.20. The highest BCUT2D eigenvalue weighted by Gasteiger charge is 2.13. The van der Waals surface area contributed by atoms with Crippen molar-refractivity contribution >= 4 is 21.8 Å².